The predicted molar refractivity (Wildman–Crippen MR) is 65.8 cm³/mol. The van der Waals surface area contributed by atoms with Crippen molar-refractivity contribution in [1.29, 1.82) is 0 Å². The number of carboxylic acid groups (broad SMARTS) is 1. The van der Waals surface area contributed by atoms with E-state index in [0.717, 1.165) is 12.8 Å². The molecule has 1 N–H and O–H groups in total. The van der Waals surface area contributed by atoms with Crippen molar-refractivity contribution in [3.63, 3.8) is 0 Å². The van der Waals surface area contributed by atoms with Crippen LogP contribution in [0.15, 0.2) is 30.3 Å². The normalized spacial score (nSPS) is 30.1. The second-order valence-electron chi connectivity index (χ2n) is 5.50. The van der Waals surface area contributed by atoms with Gasteiger partial charge in [0.1, 0.15) is 0 Å². The molecule has 1 spiro atoms. The van der Waals surface area contributed by atoms with Gasteiger partial charge in [0.25, 0.3) is 0 Å². The fraction of sp³-hybridized carbons (Fsp3) is 0.533. The molecule has 2 aliphatic carbocycles. The maximum Gasteiger partial charge on any atom is 0.307 e. The van der Waals surface area contributed by atoms with E-state index in [2.05, 4.69) is 12.1 Å². The summed E-state index contributed by atoms with van der Waals surface area (Å²) in [6, 6.07) is 10.2. The van der Waals surface area contributed by atoms with E-state index >= 15 is 0 Å². The second kappa shape index (κ2) is 3.86. The van der Waals surface area contributed by atoms with Gasteiger partial charge in [0.15, 0.2) is 0 Å². The van der Waals surface area contributed by atoms with Crippen molar-refractivity contribution >= 4 is 5.97 Å². The molecule has 90 valence electrons. The van der Waals surface area contributed by atoms with Crippen LogP contribution in [0, 0.1) is 11.3 Å². The molecule has 0 unspecified atom stereocenters. The fourth-order valence-electron chi connectivity index (χ4n) is 3.90. The van der Waals surface area contributed by atoms with Crippen molar-refractivity contribution < 1.29 is 9.90 Å². The van der Waals surface area contributed by atoms with E-state index in [1.54, 1.807) is 0 Å². The molecule has 0 amide bonds. The zero-order valence-electron chi connectivity index (χ0n) is 9.93. The minimum atomic E-state index is -0.597. The van der Waals surface area contributed by atoms with Crippen molar-refractivity contribution in [2.75, 3.05) is 0 Å². The molecule has 0 aliphatic heterocycles. The number of carboxylic acids is 1. The highest BCUT2D eigenvalue weighted by Crippen LogP contribution is 2.71. The number of hydrogen-bond donors (Lipinski definition) is 1. The summed E-state index contributed by atoms with van der Waals surface area (Å²) in [7, 11) is 0. The average Bonchev–Trinajstić information content (AvgIpc) is 2.99. The molecule has 3 rings (SSSR count). The van der Waals surface area contributed by atoms with E-state index in [-0.39, 0.29) is 17.3 Å². The van der Waals surface area contributed by atoms with Crippen LogP contribution in [0.3, 0.4) is 0 Å². The molecule has 2 fully saturated rings. The van der Waals surface area contributed by atoms with Gasteiger partial charge >= 0.3 is 5.97 Å². The van der Waals surface area contributed by atoms with Crippen LogP contribution in [-0.2, 0) is 4.79 Å². The molecule has 2 saturated carbocycles. The van der Waals surface area contributed by atoms with Crippen molar-refractivity contribution in [1.82, 2.24) is 0 Å². The summed E-state index contributed by atoms with van der Waals surface area (Å²) >= 11 is 0. The molecule has 0 heterocycles. The highest BCUT2D eigenvalue weighted by atomic mass is 16.4. The molecule has 2 nitrogen and oxygen atoms in total. The zero-order valence-corrected chi connectivity index (χ0v) is 9.93. The summed E-state index contributed by atoms with van der Waals surface area (Å²) in [6.07, 6.45) is 5.88. The summed E-state index contributed by atoms with van der Waals surface area (Å²) in [4.78, 5) is 11.4. The van der Waals surface area contributed by atoms with Crippen molar-refractivity contribution in [2.24, 2.45) is 11.3 Å². The van der Waals surface area contributed by atoms with Gasteiger partial charge in [-0.15, -0.1) is 0 Å². The standard InChI is InChI=1S/C15H18O2/c16-14(17)13-12(11-7-3-1-4-8-11)15(13)9-5-2-6-10-15/h1,3-4,7-8,12-13H,2,5-6,9-10H2,(H,16,17)/t12-,13+/m1/s1. The lowest BCUT2D eigenvalue weighted by atomic mass is 9.82. The number of aliphatic carboxylic acids is 1. The summed E-state index contributed by atoms with van der Waals surface area (Å²) < 4.78 is 0. The maximum atomic E-state index is 11.4. The summed E-state index contributed by atoms with van der Waals surface area (Å²) in [5.41, 5.74) is 1.31. The van der Waals surface area contributed by atoms with Gasteiger partial charge in [0.05, 0.1) is 5.92 Å². The quantitative estimate of drug-likeness (QED) is 0.845. The fourth-order valence-corrected chi connectivity index (χ4v) is 3.90. The molecule has 0 saturated heterocycles. The Balaban J connectivity index is 1.91. The third-order valence-electron chi connectivity index (χ3n) is 4.67. The van der Waals surface area contributed by atoms with Crippen LogP contribution in [-0.4, -0.2) is 11.1 Å². The molecule has 1 aromatic carbocycles. The highest BCUT2D eigenvalue weighted by molar-refractivity contribution is 5.78. The second-order valence-corrected chi connectivity index (χ2v) is 5.50. The van der Waals surface area contributed by atoms with E-state index in [1.807, 2.05) is 18.2 Å². The molecule has 1 aromatic rings. The van der Waals surface area contributed by atoms with E-state index in [4.69, 9.17) is 0 Å². The number of benzene rings is 1. The van der Waals surface area contributed by atoms with Crippen LogP contribution >= 0.6 is 0 Å². The number of hydrogen-bond acceptors (Lipinski definition) is 1. The SMILES string of the molecule is O=C(O)[C@@H]1[C@@H](c2ccccc2)C12CCCCC2. The van der Waals surface area contributed by atoms with Crippen LogP contribution < -0.4 is 0 Å². The van der Waals surface area contributed by atoms with Gasteiger partial charge in [0.2, 0.25) is 0 Å². The topological polar surface area (TPSA) is 37.3 Å². The lowest BCUT2D eigenvalue weighted by Gasteiger charge is -2.22. The van der Waals surface area contributed by atoms with E-state index in [0.29, 0.717) is 0 Å². The smallest absolute Gasteiger partial charge is 0.307 e. The van der Waals surface area contributed by atoms with E-state index in [9.17, 15) is 9.90 Å². The molecule has 2 heteroatoms. The zero-order chi connectivity index (χ0) is 11.9. The van der Waals surface area contributed by atoms with Gasteiger partial charge in [-0.1, -0.05) is 49.6 Å². The first-order chi connectivity index (χ1) is 8.26. The van der Waals surface area contributed by atoms with Gasteiger partial charge in [0, 0.05) is 5.92 Å². The summed E-state index contributed by atoms with van der Waals surface area (Å²) in [5.74, 6) is -0.465. The summed E-state index contributed by atoms with van der Waals surface area (Å²) in [5, 5.41) is 9.40. The third-order valence-corrected chi connectivity index (χ3v) is 4.67. The molecule has 17 heavy (non-hydrogen) atoms. The highest BCUT2D eigenvalue weighted by Gasteiger charge is 2.67. The van der Waals surface area contributed by atoms with Crippen molar-refractivity contribution in [3.8, 4) is 0 Å². The molecule has 2 atom stereocenters. The molecule has 2 aliphatic rings. The van der Waals surface area contributed by atoms with Gasteiger partial charge in [-0.05, 0) is 23.8 Å². The largest absolute Gasteiger partial charge is 0.481 e. The predicted octanol–water partition coefficient (Wildman–Crippen LogP) is 3.44. The molecular weight excluding hydrogens is 212 g/mol. The van der Waals surface area contributed by atoms with Gasteiger partial charge < -0.3 is 5.11 Å². The van der Waals surface area contributed by atoms with Gasteiger partial charge in [-0.2, -0.15) is 0 Å². The maximum absolute atomic E-state index is 11.4. The van der Waals surface area contributed by atoms with E-state index < -0.39 is 5.97 Å². The number of carbonyl (C=O) groups is 1. The van der Waals surface area contributed by atoms with Crippen LogP contribution in [0.4, 0.5) is 0 Å². The van der Waals surface area contributed by atoms with E-state index in [1.165, 1.54) is 24.8 Å². The average molecular weight is 230 g/mol. The number of rotatable bonds is 2. The Labute approximate surface area is 102 Å². The van der Waals surface area contributed by atoms with Crippen LogP contribution in [0.1, 0.15) is 43.6 Å². The Morgan fingerprint density at radius 1 is 1.12 bits per heavy atom. The lowest BCUT2D eigenvalue weighted by molar-refractivity contribution is -0.139. The molecule has 0 bridgehead atoms. The minimum absolute atomic E-state index is 0.0887. The summed E-state index contributed by atoms with van der Waals surface area (Å²) in [6.45, 7) is 0. The Kier molecular flexibility index (Phi) is 2.46. The van der Waals surface area contributed by atoms with Crippen LogP contribution in [0.2, 0.25) is 0 Å². The molecular formula is C15H18O2. The van der Waals surface area contributed by atoms with Gasteiger partial charge in [-0.25, -0.2) is 0 Å². The Morgan fingerprint density at radius 3 is 2.35 bits per heavy atom. The monoisotopic (exact) mass is 230 g/mol. The first-order valence-corrected chi connectivity index (χ1v) is 6.53. The first-order valence-electron chi connectivity index (χ1n) is 6.53. The molecule has 0 aromatic heterocycles. The Morgan fingerprint density at radius 2 is 1.76 bits per heavy atom. The lowest BCUT2D eigenvalue weighted by Crippen LogP contribution is -2.14. The van der Waals surface area contributed by atoms with Crippen molar-refractivity contribution in [3.05, 3.63) is 35.9 Å². The third kappa shape index (κ3) is 1.58. The Bertz CT molecular complexity index is 418. The van der Waals surface area contributed by atoms with Crippen molar-refractivity contribution in [2.45, 2.75) is 38.0 Å². The van der Waals surface area contributed by atoms with Gasteiger partial charge in [-0.3, -0.25) is 4.79 Å². The minimum Gasteiger partial charge on any atom is -0.481 e. The Hall–Kier alpha value is -1.31. The van der Waals surface area contributed by atoms with Crippen LogP contribution in [0.5, 0.6) is 0 Å². The van der Waals surface area contributed by atoms with Crippen LogP contribution in [0.25, 0.3) is 0 Å². The molecule has 0 radical (unpaired) electrons. The first kappa shape index (κ1) is 10.8.